The highest BCUT2D eigenvalue weighted by atomic mass is 16.5. The lowest BCUT2D eigenvalue weighted by Gasteiger charge is -2.09. The zero-order valence-electron chi connectivity index (χ0n) is 16.6. The van der Waals surface area contributed by atoms with E-state index in [1.165, 1.54) is 6.21 Å². The van der Waals surface area contributed by atoms with E-state index in [2.05, 4.69) is 21.2 Å². The van der Waals surface area contributed by atoms with Crippen molar-refractivity contribution >= 4 is 29.6 Å². The first-order valence-corrected chi connectivity index (χ1v) is 9.09. The summed E-state index contributed by atoms with van der Waals surface area (Å²) in [6, 6.07) is 12.6. The smallest absolute Gasteiger partial charge is 0.329 e. The maximum absolute atomic E-state index is 12.1. The van der Waals surface area contributed by atoms with E-state index in [-0.39, 0.29) is 12.5 Å². The molecule has 3 amide bonds. The predicted molar refractivity (Wildman–Crippen MR) is 111 cm³/mol. The highest BCUT2D eigenvalue weighted by Gasteiger charge is 2.10. The van der Waals surface area contributed by atoms with E-state index >= 15 is 0 Å². The van der Waals surface area contributed by atoms with Gasteiger partial charge in [-0.05, 0) is 73.9 Å². The average molecular weight is 396 g/mol. The van der Waals surface area contributed by atoms with Gasteiger partial charge in [0.15, 0.2) is 6.61 Å². The molecular weight excluding hydrogens is 372 g/mol. The number of nitrogens with one attached hydrogen (secondary N) is 3. The molecule has 8 heteroatoms. The van der Waals surface area contributed by atoms with Gasteiger partial charge in [-0.1, -0.05) is 6.07 Å². The number of hydrogen-bond donors (Lipinski definition) is 3. The van der Waals surface area contributed by atoms with Crippen molar-refractivity contribution in [1.82, 2.24) is 10.7 Å². The Kier molecular flexibility index (Phi) is 7.90. The van der Waals surface area contributed by atoms with Crippen LogP contribution in [0.3, 0.4) is 0 Å². The van der Waals surface area contributed by atoms with Gasteiger partial charge in [0.1, 0.15) is 5.75 Å². The molecular formula is C21H24N4O4. The molecule has 0 spiro atoms. The summed E-state index contributed by atoms with van der Waals surface area (Å²) in [5, 5.41) is 8.89. The number of carbonyl (C=O) groups is 3. The third-order valence-electron chi connectivity index (χ3n) is 3.68. The lowest BCUT2D eigenvalue weighted by Crippen LogP contribution is -2.37. The van der Waals surface area contributed by atoms with E-state index < -0.39 is 11.8 Å². The molecule has 0 aliphatic carbocycles. The Morgan fingerprint density at radius 3 is 2.28 bits per heavy atom. The first-order chi connectivity index (χ1) is 13.9. The molecule has 0 aromatic heterocycles. The molecule has 0 radical (unpaired) electrons. The zero-order valence-corrected chi connectivity index (χ0v) is 16.6. The maximum Gasteiger partial charge on any atom is 0.329 e. The number of nitrogens with zero attached hydrogens (tertiary/aromatic N) is 1. The Bertz CT molecular complexity index is 887. The number of anilines is 1. The molecule has 2 aromatic rings. The van der Waals surface area contributed by atoms with Gasteiger partial charge in [0.05, 0.1) is 6.21 Å². The molecule has 0 atom stereocenters. The minimum Gasteiger partial charge on any atom is -0.484 e. The van der Waals surface area contributed by atoms with E-state index in [1.54, 1.807) is 31.2 Å². The van der Waals surface area contributed by atoms with E-state index in [0.29, 0.717) is 17.9 Å². The fraction of sp³-hybridized carbons (Fsp3) is 0.238. The third kappa shape index (κ3) is 7.45. The second kappa shape index (κ2) is 10.6. The molecule has 2 aromatic carbocycles. The second-order valence-corrected chi connectivity index (χ2v) is 6.34. The molecule has 8 nitrogen and oxygen atoms in total. The summed E-state index contributed by atoms with van der Waals surface area (Å²) in [5.41, 5.74) is 5.70. The molecule has 0 bridgehead atoms. The number of hydrazone groups is 1. The van der Waals surface area contributed by atoms with Crippen LogP contribution in [0.25, 0.3) is 0 Å². The van der Waals surface area contributed by atoms with Gasteiger partial charge in [-0.3, -0.25) is 14.4 Å². The van der Waals surface area contributed by atoms with E-state index in [1.807, 2.05) is 32.0 Å². The van der Waals surface area contributed by atoms with Gasteiger partial charge in [0.25, 0.3) is 5.91 Å². The average Bonchev–Trinajstić information content (AvgIpc) is 2.66. The SMILES string of the molecule is CCNC(=O)C(=O)N/N=C\c1ccc(OCC(=O)Nc2cc(C)cc(C)c2)cc1. The Morgan fingerprint density at radius 1 is 1.00 bits per heavy atom. The molecule has 2 rings (SSSR count). The minimum atomic E-state index is -0.835. The highest BCUT2D eigenvalue weighted by molar-refractivity contribution is 6.35. The van der Waals surface area contributed by atoms with Crippen molar-refractivity contribution in [1.29, 1.82) is 0 Å². The van der Waals surface area contributed by atoms with Crippen molar-refractivity contribution in [3.8, 4) is 5.75 Å². The summed E-state index contributed by atoms with van der Waals surface area (Å²) >= 11 is 0. The Balaban J connectivity index is 1.81. The Hall–Kier alpha value is -3.68. The molecule has 29 heavy (non-hydrogen) atoms. The summed E-state index contributed by atoms with van der Waals surface area (Å²) in [5.74, 6) is -1.32. The van der Waals surface area contributed by atoms with Crippen LogP contribution < -0.4 is 20.8 Å². The first kappa shape index (κ1) is 21.6. The molecule has 0 fully saturated rings. The van der Waals surface area contributed by atoms with Gasteiger partial charge in [-0.15, -0.1) is 0 Å². The number of benzene rings is 2. The maximum atomic E-state index is 12.1. The van der Waals surface area contributed by atoms with Gasteiger partial charge in [-0.2, -0.15) is 5.10 Å². The number of carbonyl (C=O) groups excluding carboxylic acids is 3. The monoisotopic (exact) mass is 396 g/mol. The molecule has 0 heterocycles. The van der Waals surface area contributed by atoms with Gasteiger partial charge in [0, 0.05) is 12.2 Å². The number of hydrogen-bond acceptors (Lipinski definition) is 5. The lowest BCUT2D eigenvalue weighted by atomic mass is 10.1. The summed E-state index contributed by atoms with van der Waals surface area (Å²) in [4.78, 5) is 34.7. The molecule has 0 aliphatic heterocycles. The fourth-order valence-corrected chi connectivity index (χ4v) is 2.50. The van der Waals surface area contributed by atoms with E-state index in [0.717, 1.165) is 16.8 Å². The largest absolute Gasteiger partial charge is 0.484 e. The van der Waals surface area contributed by atoms with Gasteiger partial charge >= 0.3 is 11.8 Å². The van der Waals surface area contributed by atoms with Crippen LogP contribution in [0.15, 0.2) is 47.6 Å². The van der Waals surface area contributed by atoms with Gasteiger partial charge < -0.3 is 15.4 Å². The molecule has 3 N–H and O–H groups in total. The molecule has 0 saturated heterocycles. The summed E-state index contributed by atoms with van der Waals surface area (Å²) in [6.45, 7) is 5.89. The molecule has 0 unspecified atom stereocenters. The highest BCUT2D eigenvalue weighted by Crippen LogP contribution is 2.14. The van der Waals surface area contributed by atoms with Gasteiger partial charge in [-0.25, -0.2) is 5.43 Å². The van der Waals surface area contributed by atoms with Crippen LogP contribution in [-0.2, 0) is 14.4 Å². The fourth-order valence-electron chi connectivity index (χ4n) is 2.50. The van der Waals surface area contributed by atoms with Crippen LogP contribution in [-0.4, -0.2) is 37.1 Å². The number of ether oxygens (including phenoxy) is 1. The zero-order chi connectivity index (χ0) is 21.2. The number of rotatable bonds is 7. The molecule has 152 valence electrons. The van der Waals surface area contributed by atoms with E-state index in [4.69, 9.17) is 4.74 Å². The number of amides is 3. The van der Waals surface area contributed by atoms with Crippen LogP contribution in [0.2, 0.25) is 0 Å². The first-order valence-electron chi connectivity index (χ1n) is 9.09. The van der Waals surface area contributed by atoms with Crippen molar-refractivity contribution in [2.24, 2.45) is 5.10 Å². The van der Waals surface area contributed by atoms with Crippen LogP contribution >= 0.6 is 0 Å². The third-order valence-corrected chi connectivity index (χ3v) is 3.68. The Morgan fingerprint density at radius 2 is 1.66 bits per heavy atom. The van der Waals surface area contributed by atoms with Crippen LogP contribution in [0.4, 0.5) is 5.69 Å². The molecule has 0 saturated carbocycles. The van der Waals surface area contributed by atoms with Crippen molar-refractivity contribution in [2.45, 2.75) is 20.8 Å². The normalized spacial score (nSPS) is 10.4. The molecule has 0 aliphatic rings. The van der Waals surface area contributed by atoms with Gasteiger partial charge in [0.2, 0.25) is 0 Å². The summed E-state index contributed by atoms with van der Waals surface area (Å²) in [6.07, 6.45) is 1.40. The Labute approximate surface area is 169 Å². The van der Waals surface area contributed by atoms with E-state index in [9.17, 15) is 14.4 Å². The van der Waals surface area contributed by atoms with Crippen molar-refractivity contribution in [3.63, 3.8) is 0 Å². The van der Waals surface area contributed by atoms with Crippen molar-refractivity contribution in [2.75, 3.05) is 18.5 Å². The number of aryl methyl sites for hydroxylation is 2. The van der Waals surface area contributed by atoms with Crippen LogP contribution in [0.1, 0.15) is 23.6 Å². The number of likely N-dealkylation sites (N-methyl/N-ethyl adjacent to an activating group) is 1. The quantitative estimate of drug-likeness (QED) is 0.377. The summed E-state index contributed by atoms with van der Waals surface area (Å²) < 4.78 is 5.48. The minimum absolute atomic E-state index is 0.122. The van der Waals surface area contributed by atoms with Crippen LogP contribution in [0, 0.1) is 13.8 Å². The summed E-state index contributed by atoms with van der Waals surface area (Å²) in [7, 11) is 0. The second-order valence-electron chi connectivity index (χ2n) is 6.34. The topological polar surface area (TPSA) is 109 Å². The predicted octanol–water partition coefficient (Wildman–Crippen LogP) is 1.91. The van der Waals surface area contributed by atoms with Crippen LogP contribution in [0.5, 0.6) is 5.75 Å². The van der Waals surface area contributed by atoms with Crippen molar-refractivity contribution in [3.05, 3.63) is 59.2 Å². The van der Waals surface area contributed by atoms with Crippen molar-refractivity contribution < 1.29 is 19.1 Å². The standard InChI is InChI=1S/C21H24N4O4/c1-4-22-20(27)21(28)25-23-12-16-5-7-18(8-6-16)29-13-19(26)24-17-10-14(2)9-15(3)11-17/h5-12H,4,13H2,1-3H3,(H,22,27)(H,24,26)(H,25,28)/b23-12-. The lowest BCUT2D eigenvalue weighted by molar-refractivity contribution is -0.139.